The molecule has 6 heteroatoms. The van der Waals surface area contributed by atoms with Gasteiger partial charge in [0, 0.05) is 11.8 Å². The van der Waals surface area contributed by atoms with Gasteiger partial charge in [-0.2, -0.15) is 0 Å². The van der Waals surface area contributed by atoms with Crippen molar-refractivity contribution in [1.29, 1.82) is 0 Å². The van der Waals surface area contributed by atoms with E-state index in [2.05, 4.69) is 10.5 Å². The summed E-state index contributed by atoms with van der Waals surface area (Å²) >= 11 is 0. The molecule has 0 bridgehead atoms. The van der Waals surface area contributed by atoms with Gasteiger partial charge in [0.2, 0.25) is 5.91 Å². The number of anilines is 1. The number of ether oxygens (including phenoxy) is 1. The number of carbonyl (C=O) groups is 1. The molecule has 1 aromatic rings. The summed E-state index contributed by atoms with van der Waals surface area (Å²) in [5, 5.41) is 14.3. The van der Waals surface area contributed by atoms with Crippen LogP contribution in [-0.4, -0.2) is 23.1 Å². The van der Waals surface area contributed by atoms with Gasteiger partial charge in [-0.1, -0.05) is 25.1 Å². The largest absolute Gasteiger partial charge is 0.491 e. The minimum atomic E-state index is -0.658. The van der Waals surface area contributed by atoms with Crippen LogP contribution in [0.1, 0.15) is 33.6 Å². The molecule has 0 saturated carbocycles. The van der Waals surface area contributed by atoms with Crippen LogP contribution in [0.2, 0.25) is 0 Å². The van der Waals surface area contributed by atoms with Gasteiger partial charge < -0.3 is 21.0 Å². The lowest BCUT2D eigenvalue weighted by molar-refractivity contribution is -0.118. The van der Waals surface area contributed by atoms with Crippen molar-refractivity contribution < 1.29 is 14.7 Å². The average Bonchev–Trinajstić information content (AvgIpc) is 2.47. The fraction of sp³-hybridized carbons (Fsp3) is 0.467. The molecule has 21 heavy (non-hydrogen) atoms. The van der Waals surface area contributed by atoms with Crippen LogP contribution >= 0.6 is 0 Å². The lowest BCUT2D eigenvalue weighted by atomic mass is 10.0. The summed E-state index contributed by atoms with van der Waals surface area (Å²) in [6.45, 7) is 5.82. The average molecular weight is 293 g/mol. The van der Waals surface area contributed by atoms with Crippen LogP contribution in [0.4, 0.5) is 5.69 Å². The molecule has 0 saturated heterocycles. The fourth-order valence-electron chi connectivity index (χ4n) is 1.79. The maximum Gasteiger partial charge on any atom is 0.235 e. The molecule has 0 radical (unpaired) electrons. The number of hydrogen-bond acceptors (Lipinski definition) is 4. The number of nitrogens with zero attached hydrogens (tertiary/aromatic N) is 1. The molecule has 0 aliphatic heterocycles. The van der Waals surface area contributed by atoms with Gasteiger partial charge >= 0.3 is 0 Å². The van der Waals surface area contributed by atoms with Crippen LogP contribution in [0.15, 0.2) is 29.4 Å². The van der Waals surface area contributed by atoms with Gasteiger partial charge in [-0.15, -0.1) is 0 Å². The molecule has 1 rings (SSSR count). The quantitative estimate of drug-likeness (QED) is 0.311. The summed E-state index contributed by atoms with van der Waals surface area (Å²) in [6.07, 6.45) is 1.46. The van der Waals surface area contributed by atoms with Gasteiger partial charge in [-0.05, 0) is 31.9 Å². The van der Waals surface area contributed by atoms with Crippen molar-refractivity contribution in [3.8, 4) is 5.75 Å². The summed E-state index contributed by atoms with van der Waals surface area (Å²) in [6, 6.07) is 7.16. The monoisotopic (exact) mass is 293 g/mol. The summed E-state index contributed by atoms with van der Waals surface area (Å²) in [5.74, 6) is -0.372. The second-order valence-electron chi connectivity index (χ2n) is 4.84. The van der Waals surface area contributed by atoms with E-state index in [4.69, 9.17) is 15.7 Å². The molecular weight excluding hydrogens is 270 g/mol. The molecule has 6 nitrogen and oxygen atoms in total. The Balaban J connectivity index is 2.78. The van der Waals surface area contributed by atoms with Crippen LogP contribution < -0.4 is 15.8 Å². The van der Waals surface area contributed by atoms with Crippen LogP contribution in [-0.2, 0) is 4.79 Å². The number of nitrogens with one attached hydrogen (secondary N) is 1. The van der Waals surface area contributed by atoms with Crippen LogP contribution in [0.3, 0.4) is 0 Å². The molecule has 2 unspecified atom stereocenters. The molecule has 1 amide bonds. The predicted octanol–water partition coefficient (Wildman–Crippen LogP) is 2.58. The third-order valence-corrected chi connectivity index (χ3v) is 3.21. The van der Waals surface area contributed by atoms with E-state index in [0.717, 1.165) is 6.42 Å². The maximum atomic E-state index is 12.1. The molecular formula is C15H23N3O3. The zero-order valence-corrected chi connectivity index (χ0v) is 12.7. The predicted molar refractivity (Wildman–Crippen MR) is 82.6 cm³/mol. The molecule has 116 valence electrons. The number of nitrogens with two attached hydrogens (primary N) is 1. The number of amidine groups is 1. The lowest BCUT2D eigenvalue weighted by Gasteiger charge is -2.15. The van der Waals surface area contributed by atoms with Gasteiger partial charge in [0.15, 0.2) is 5.84 Å². The van der Waals surface area contributed by atoms with E-state index in [-0.39, 0.29) is 17.8 Å². The van der Waals surface area contributed by atoms with Gasteiger partial charge in [-0.25, -0.2) is 0 Å². The number of rotatable bonds is 7. The molecule has 0 aromatic heterocycles. The van der Waals surface area contributed by atoms with Crippen molar-refractivity contribution in [3.05, 3.63) is 24.3 Å². The highest BCUT2D eigenvalue weighted by Gasteiger charge is 2.21. The Bertz CT molecular complexity index is 503. The van der Waals surface area contributed by atoms with E-state index in [1.54, 1.807) is 25.1 Å². The molecule has 0 heterocycles. The Labute approximate surface area is 125 Å². The third-order valence-electron chi connectivity index (χ3n) is 3.21. The number of amides is 1. The normalized spacial score (nSPS) is 14.3. The number of oxime groups is 1. The highest BCUT2D eigenvalue weighted by Crippen LogP contribution is 2.20. The van der Waals surface area contributed by atoms with E-state index >= 15 is 0 Å². The molecule has 0 aliphatic rings. The van der Waals surface area contributed by atoms with Crippen molar-refractivity contribution in [1.82, 2.24) is 0 Å². The SMILES string of the molecule is CCC(C)Oc1cccc(NC(=O)C(CC)C(N)=NO)c1. The molecule has 1 aromatic carbocycles. The Morgan fingerprint density at radius 3 is 2.71 bits per heavy atom. The van der Waals surface area contributed by atoms with Gasteiger partial charge in [0.1, 0.15) is 5.75 Å². The first-order valence-corrected chi connectivity index (χ1v) is 7.06. The second-order valence-corrected chi connectivity index (χ2v) is 4.84. The van der Waals surface area contributed by atoms with E-state index in [0.29, 0.717) is 17.9 Å². The van der Waals surface area contributed by atoms with Crippen molar-refractivity contribution in [3.63, 3.8) is 0 Å². The third kappa shape index (κ3) is 4.98. The first-order valence-electron chi connectivity index (χ1n) is 7.06. The van der Waals surface area contributed by atoms with E-state index in [1.807, 2.05) is 19.9 Å². The first kappa shape index (κ1) is 16.8. The van der Waals surface area contributed by atoms with Gasteiger partial charge in [-0.3, -0.25) is 4.79 Å². The Morgan fingerprint density at radius 1 is 1.43 bits per heavy atom. The summed E-state index contributed by atoms with van der Waals surface area (Å²) in [4.78, 5) is 12.1. The van der Waals surface area contributed by atoms with E-state index in [9.17, 15) is 4.79 Å². The summed E-state index contributed by atoms with van der Waals surface area (Å²) in [5.41, 5.74) is 6.13. The van der Waals surface area contributed by atoms with Crippen LogP contribution in [0, 0.1) is 5.92 Å². The maximum absolute atomic E-state index is 12.1. The molecule has 0 spiro atoms. The topological polar surface area (TPSA) is 96.9 Å². The molecule has 0 fully saturated rings. The van der Waals surface area contributed by atoms with E-state index in [1.165, 1.54) is 0 Å². The first-order chi connectivity index (χ1) is 10.0. The zero-order chi connectivity index (χ0) is 15.8. The fourth-order valence-corrected chi connectivity index (χ4v) is 1.79. The van der Waals surface area contributed by atoms with Crippen LogP contribution in [0.25, 0.3) is 0 Å². The standard InChI is InChI=1S/C15H23N3O3/c1-4-10(3)21-12-8-6-7-11(9-12)17-15(19)13(5-2)14(16)18-20/h6-10,13,20H,4-5H2,1-3H3,(H2,16,18)(H,17,19). The van der Waals surface area contributed by atoms with E-state index < -0.39 is 5.92 Å². The number of benzene rings is 1. The Morgan fingerprint density at radius 2 is 2.14 bits per heavy atom. The van der Waals surface area contributed by atoms with Crippen molar-refractivity contribution in [2.45, 2.75) is 39.7 Å². The van der Waals surface area contributed by atoms with Crippen molar-refractivity contribution in [2.75, 3.05) is 5.32 Å². The summed E-state index contributed by atoms with van der Waals surface area (Å²) in [7, 11) is 0. The van der Waals surface area contributed by atoms with Crippen LogP contribution in [0.5, 0.6) is 5.75 Å². The Kier molecular flexibility index (Phi) is 6.52. The van der Waals surface area contributed by atoms with Gasteiger partial charge in [0.25, 0.3) is 0 Å². The minimum Gasteiger partial charge on any atom is -0.491 e. The zero-order valence-electron chi connectivity index (χ0n) is 12.7. The van der Waals surface area contributed by atoms with Crippen molar-refractivity contribution in [2.24, 2.45) is 16.8 Å². The van der Waals surface area contributed by atoms with Gasteiger partial charge in [0.05, 0.1) is 12.0 Å². The summed E-state index contributed by atoms with van der Waals surface area (Å²) < 4.78 is 5.70. The lowest BCUT2D eigenvalue weighted by Crippen LogP contribution is -2.34. The number of hydrogen-bond donors (Lipinski definition) is 3. The Hall–Kier alpha value is -2.24. The smallest absolute Gasteiger partial charge is 0.235 e. The minimum absolute atomic E-state index is 0.0954. The highest BCUT2D eigenvalue weighted by atomic mass is 16.5. The van der Waals surface area contributed by atoms with Crippen molar-refractivity contribution >= 4 is 17.4 Å². The molecule has 2 atom stereocenters. The number of carbonyl (C=O) groups excluding carboxylic acids is 1. The molecule has 0 aliphatic carbocycles. The molecule has 4 N–H and O–H groups in total. The second kappa shape index (κ2) is 8.14. The highest BCUT2D eigenvalue weighted by molar-refractivity contribution is 6.07.